The summed E-state index contributed by atoms with van der Waals surface area (Å²) in [5.41, 5.74) is 0. The van der Waals surface area contributed by atoms with Crippen molar-refractivity contribution in [1.29, 1.82) is 0 Å². The van der Waals surface area contributed by atoms with E-state index >= 15 is 0 Å². The topological polar surface area (TPSA) is 97.4 Å². The quantitative estimate of drug-likeness (QED) is 0.436. The molecule has 0 aliphatic rings. The van der Waals surface area contributed by atoms with Crippen LogP contribution >= 0.6 is 0 Å². The van der Waals surface area contributed by atoms with E-state index in [1.165, 1.54) is 35.0 Å². The predicted octanol–water partition coefficient (Wildman–Crippen LogP) is 0.0743. The van der Waals surface area contributed by atoms with Crippen molar-refractivity contribution < 1.29 is 38.1 Å². The number of ether oxygens (including phenoxy) is 5. The van der Waals surface area contributed by atoms with Crippen LogP contribution in [0.15, 0.2) is 0 Å². The molecule has 122 valence electrons. The lowest BCUT2D eigenvalue weighted by molar-refractivity contribution is -0.179. The fourth-order valence-corrected chi connectivity index (χ4v) is 1.65. The molecule has 0 heterocycles. The van der Waals surface area contributed by atoms with E-state index in [1.807, 2.05) is 0 Å². The highest BCUT2D eigenvalue weighted by atomic mass is 16.6. The number of carbonyl (C=O) groups is 3. The average molecular weight is 306 g/mol. The highest BCUT2D eigenvalue weighted by Crippen LogP contribution is 2.13. The van der Waals surface area contributed by atoms with Crippen LogP contribution in [-0.4, -0.2) is 63.7 Å². The Labute approximate surface area is 123 Å². The third-order valence-electron chi connectivity index (χ3n) is 2.53. The third kappa shape index (κ3) is 8.26. The zero-order chi connectivity index (χ0) is 16.4. The van der Waals surface area contributed by atoms with Crippen molar-refractivity contribution in [3.63, 3.8) is 0 Å². The maximum atomic E-state index is 11.2. The molecule has 0 amide bonds. The second-order valence-electron chi connectivity index (χ2n) is 4.23. The number of methoxy groups -OCH3 is 2. The Morgan fingerprint density at radius 2 is 1.24 bits per heavy atom. The first-order valence-corrected chi connectivity index (χ1v) is 6.31. The van der Waals surface area contributed by atoms with Gasteiger partial charge < -0.3 is 23.7 Å². The van der Waals surface area contributed by atoms with Crippen LogP contribution in [-0.2, 0) is 38.1 Å². The van der Waals surface area contributed by atoms with Crippen molar-refractivity contribution in [2.75, 3.05) is 27.4 Å². The Balaban J connectivity index is 4.91. The first-order valence-electron chi connectivity index (χ1n) is 6.31. The minimum Gasteiger partial charge on any atom is -0.463 e. The first-order chi connectivity index (χ1) is 9.81. The number of esters is 3. The molecule has 0 saturated carbocycles. The van der Waals surface area contributed by atoms with E-state index < -0.39 is 36.2 Å². The van der Waals surface area contributed by atoms with E-state index in [2.05, 4.69) is 0 Å². The van der Waals surface area contributed by atoms with Gasteiger partial charge in [0.1, 0.15) is 25.4 Å². The van der Waals surface area contributed by atoms with Crippen molar-refractivity contribution in [3.8, 4) is 0 Å². The van der Waals surface area contributed by atoms with Gasteiger partial charge in [0.2, 0.25) is 0 Å². The summed E-state index contributed by atoms with van der Waals surface area (Å²) in [6, 6.07) is 0. The second kappa shape index (κ2) is 10.1. The zero-order valence-corrected chi connectivity index (χ0v) is 12.9. The molecule has 0 rings (SSSR count). The smallest absolute Gasteiger partial charge is 0.303 e. The summed E-state index contributed by atoms with van der Waals surface area (Å²) in [7, 11) is 2.78. The van der Waals surface area contributed by atoms with Gasteiger partial charge in [-0.3, -0.25) is 14.4 Å². The number of carbonyl (C=O) groups excluding carboxylic acids is 3. The molecule has 0 bridgehead atoms. The van der Waals surface area contributed by atoms with E-state index in [0.29, 0.717) is 0 Å². The van der Waals surface area contributed by atoms with E-state index in [4.69, 9.17) is 23.7 Å². The lowest BCUT2D eigenvalue weighted by atomic mass is 10.1. The summed E-state index contributed by atoms with van der Waals surface area (Å²) in [5.74, 6) is -1.55. The highest BCUT2D eigenvalue weighted by molar-refractivity contribution is 5.67. The third-order valence-corrected chi connectivity index (χ3v) is 2.53. The Morgan fingerprint density at radius 1 is 0.762 bits per heavy atom. The fourth-order valence-electron chi connectivity index (χ4n) is 1.65. The molecular formula is C13H22O8. The Bertz CT molecular complexity index is 354. The summed E-state index contributed by atoms with van der Waals surface area (Å²) in [5, 5.41) is 0. The minimum absolute atomic E-state index is 0.0812. The largest absolute Gasteiger partial charge is 0.463 e. The molecule has 0 N–H and O–H groups in total. The molecule has 8 heteroatoms. The zero-order valence-electron chi connectivity index (χ0n) is 12.9. The van der Waals surface area contributed by atoms with Crippen LogP contribution in [0.3, 0.4) is 0 Å². The number of rotatable bonds is 9. The molecule has 0 aromatic heterocycles. The normalized spacial score (nSPS) is 14.7. The first kappa shape index (κ1) is 19.3. The van der Waals surface area contributed by atoms with Crippen LogP contribution in [0.5, 0.6) is 0 Å². The van der Waals surface area contributed by atoms with Crippen LogP contribution in [0, 0.1) is 0 Å². The van der Waals surface area contributed by atoms with Gasteiger partial charge in [-0.15, -0.1) is 0 Å². The van der Waals surface area contributed by atoms with Gasteiger partial charge in [0.15, 0.2) is 6.10 Å². The highest BCUT2D eigenvalue weighted by Gasteiger charge is 2.34. The van der Waals surface area contributed by atoms with E-state index in [9.17, 15) is 14.4 Å². The molecule has 0 aliphatic carbocycles. The monoisotopic (exact) mass is 306 g/mol. The molecule has 21 heavy (non-hydrogen) atoms. The van der Waals surface area contributed by atoms with Gasteiger partial charge in [-0.05, 0) is 0 Å². The van der Waals surface area contributed by atoms with Crippen LogP contribution in [0.1, 0.15) is 20.8 Å². The van der Waals surface area contributed by atoms with Gasteiger partial charge in [-0.1, -0.05) is 0 Å². The van der Waals surface area contributed by atoms with Crippen molar-refractivity contribution in [1.82, 2.24) is 0 Å². The lowest BCUT2D eigenvalue weighted by Gasteiger charge is -2.30. The van der Waals surface area contributed by atoms with Gasteiger partial charge in [0, 0.05) is 35.0 Å². The van der Waals surface area contributed by atoms with Crippen molar-refractivity contribution in [2.45, 2.75) is 39.1 Å². The van der Waals surface area contributed by atoms with Crippen molar-refractivity contribution in [3.05, 3.63) is 0 Å². The minimum atomic E-state index is -0.878. The summed E-state index contributed by atoms with van der Waals surface area (Å²) >= 11 is 0. The molecule has 0 spiro atoms. The summed E-state index contributed by atoms with van der Waals surface area (Å²) in [6.45, 7) is 3.45. The summed E-state index contributed by atoms with van der Waals surface area (Å²) in [6.07, 6.45) is -2.33. The molecular weight excluding hydrogens is 284 g/mol. The Kier molecular flexibility index (Phi) is 9.31. The average Bonchev–Trinajstić information content (AvgIpc) is 2.39. The second-order valence-corrected chi connectivity index (χ2v) is 4.23. The van der Waals surface area contributed by atoms with Gasteiger partial charge in [-0.2, -0.15) is 0 Å². The molecule has 8 nitrogen and oxygen atoms in total. The van der Waals surface area contributed by atoms with Gasteiger partial charge in [0.05, 0.1) is 0 Å². The standard InChI is InChI=1S/C13H22O8/c1-8(14)19-6-11(17-4)13(18-5)12(21-10(3)16)7-20-9(2)15/h11-13H,6-7H2,1-5H3/t11-,12-,13+/m1/s1. The van der Waals surface area contributed by atoms with E-state index in [1.54, 1.807) is 0 Å². The van der Waals surface area contributed by atoms with Crippen LogP contribution in [0.4, 0.5) is 0 Å². The SMILES string of the molecule is CO[C@@H]([C@@H](COC(C)=O)OC)[C@@H](COC(C)=O)OC(C)=O. The van der Waals surface area contributed by atoms with E-state index in [0.717, 1.165) is 0 Å². The Hall–Kier alpha value is -1.67. The maximum Gasteiger partial charge on any atom is 0.303 e. The summed E-state index contributed by atoms with van der Waals surface area (Å²) in [4.78, 5) is 32.9. The molecule has 0 radical (unpaired) electrons. The van der Waals surface area contributed by atoms with Crippen LogP contribution in [0.2, 0.25) is 0 Å². The maximum absolute atomic E-state index is 11.2. The molecule has 0 aliphatic heterocycles. The molecule has 0 fully saturated rings. The number of hydrogen-bond donors (Lipinski definition) is 0. The molecule has 3 atom stereocenters. The van der Waals surface area contributed by atoms with Crippen molar-refractivity contribution >= 4 is 17.9 Å². The van der Waals surface area contributed by atoms with Crippen LogP contribution in [0.25, 0.3) is 0 Å². The fraction of sp³-hybridized carbons (Fsp3) is 0.769. The van der Waals surface area contributed by atoms with Gasteiger partial charge >= 0.3 is 17.9 Å². The number of hydrogen-bond acceptors (Lipinski definition) is 8. The summed E-state index contributed by atoms with van der Waals surface area (Å²) < 4.78 is 25.2. The Morgan fingerprint density at radius 3 is 1.57 bits per heavy atom. The molecule has 0 aromatic carbocycles. The molecule has 0 unspecified atom stereocenters. The van der Waals surface area contributed by atoms with Gasteiger partial charge in [0.25, 0.3) is 0 Å². The predicted molar refractivity (Wildman–Crippen MR) is 70.4 cm³/mol. The van der Waals surface area contributed by atoms with E-state index in [-0.39, 0.29) is 13.2 Å². The lowest BCUT2D eigenvalue weighted by Crippen LogP contribution is -2.47. The molecule has 0 saturated heterocycles. The van der Waals surface area contributed by atoms with Crippen LogP contribution < -0.4 is 0 Å². The van der Waals surface area contributed by atoms with Crippen molar-refractivity contribution in [2.24, 2.45) is 0 Å². The molecule has 0 aromatic rings. The van der Waals surface area contributed by atoms with Gasteiger partial charge in [-0.25, -0.2) is 0 Å².